The largest absolute Gasteiger partial charge is 0.303 e. The number of likely N-dealkylation sites (tertiary alicyclic amines) is 1. The smallest absolute Gasteiger partial charge is 0.183 e. The number of rotatable bonds is 5. The minimum atomic E-state index is 0. The molecular weight excluding hydrogens is 303 g/mol. The van der Waals surface area contributed by atoms with Gasteiger partial charge >= 0.3 is 0 Å². The third kappa shape index (κ3) is 6.72. The maximum Gasteiger partial charge on any atom is 0.183 e. The molecule has 0 spiro atoms. The van der Waals surface area contributed by atoms with Crippen molar-refractivity contribution >= 4 is 47.4 Å². The maximum absolute atomic E-state index is 8.42. The van der Waals surface area contributed by atoms with E-state index in [0.29, 0.717) is 17.6 Å². The Balaban J connectivity index is 0.00000242. The summed E-state index contributed by atoms with van der Waals surface area (Å²) in [5.41, 5.74) is 1.48. The van der Waals surface area contributed by atoms with Crippen LogP contribution in [0.4, 0.5) is 0 Å². The first kappa shape index (κ1) is 19.5. The van der Waals surface area contributed by atoms with E-state index in [2.05, 4.69) is 58.2 Å². The molecule has 2 rings (SSSR count). The quantitative estimate of drug-likeness (QED) is 0.166. The van der Waals surface area contributed by atoms with E-state index >= 15 is 0 Å². The molecule has 22 heavy (non-hydrogen) atoms. The Hall–Kier alpha value is -0.510. The van der Waals surface area contributed by atoms with Crippen molar-refractivity contribution in [1.29, 1.82) is 5.26 Å². The first-order chi connectivity index (χ1) is 10.3. The summed E-state index contributed by atoms with van der Waals surface area (Å²) >= 11 is 4.07. The Bertz CT molecular complexity index is 493. The molecule has 1 aromatic carbocycles. The van der Waals surface area contributed by atoms with Crippen molar-refractivity contribution in [3.05, 3.63) is 35.9 Å². The Morgan fingerprint density at radius 1 is 1.32 bits per heavy atom. The van der Waals surface area contributed by atoms with Gasteiger partial charge in [-0.1, -0.05) is 30.3 Å². The zero-order valence-electron chi connectivity index (χ0n) is 13.2. The molecule has 1 radical (unpaired) electrons. The second kappa shape index (κ2) is 11.1. The van der Waals surface area contributed by atoms with Crippen LogP contribution in [0.5, 0.6) is 0 Å². The monoisotopic (exact) mass is 325 g/mol. The van der Waals surface area contributed by atoms with Crippen molar-refractivity contribution in [2.24, 2.45) is 4.99 Å². The molecule has 0 bridgehead atoms. The standard InChI is InChI=1S/C16H22N4S.Na/c17-13-19-16(21)18-9-4-10-20-11-7-15(8-12-20)14-5-2-1-3-6-14;/h1-3,5-6,15H,4,7-12H2,(H2,18,19,21);. The van der Waals surface area contributed by atoms with E-state index < -0.39 is 0 Å². The van der Waals surface area contributed by atoms with Gasteiger partial charge in [0.25, 0.3) is 0 Å². The number of hydrogen-bond acceptors (Lipinski definition) is 3. The number of nitrogens with one attached hydrogen (secondary N) is 1. The van der Waals surface area contributed by atoms with E-state index in [1.54, 1.807) is 0 Å². The van der Waals surface area contributed by atoms with Gasteiger partial charge in [0, 0.05) is 36.1 Å². The minimum Gasteiger partial charge on any atom is -0.303 e. The Morgan fingerprint density at radius 2 is 2.00 bits per heavy atom. The van der Waals surface area contributed by atoms with E-state index in [9.17, 15) is 0 Å². The van der Waals surface area contributed by atoms with Crippen LogP contribution in [-0.2, 0) is 0 Å². The van der Waals surface area contributed by atoms with Crippen LogP contribution in [0.2, 0.25) is 0 Å². The van der Waals surface area contributed by atoms with Crippen molar-refractivity contribution in [3.8, 4) is 6.19 Å². The number of nitrogens with zero attached hydrogens (tertiary/aromatic N) is 3. The maximum atomic E-state index is 8.42. The van der Waals surface area contributed by atoms with E-state index in [4.69, 9.17) is 5.26 Å². The van der Waals surface area contributed by atoms with Crippen LogP contribution < -0.4 is 5.32 Å². The molecule has 6 heteroatoms. The molecule has 0 aromatic heterocycles. The molecule has 0 saturated carbocycles. The molecule has 113 valence electrons. The van der Waals surface area contributed by atoms with Crippen molar-refractivity contribution in [3.63, 3.8) is 0 Å². The molecule has 1 fully saturated rings. The van der Waals surface area contributed by atoms with Gasteiger partial charge in [-0.05, 0) is 50.4 Å². The van der Waals surface area contributed by atoms with Crippen LogP contribution in [0.15, 0.2) is 35.3 Å². The molecule has 0 amide bonds. The van der Waals surface area contributed by atoms with Crippen molar-refractivity contribution in [2.45, 2.75) is 25.2 Å². The van der Waals surface area contributed by atoms with E-state index in [-0.39, 0.29) is 29.6 Å². The second-order valence-corrected chi connectivity index (χ2v) is 5.75. The van der Waals surface area contributed by atoms with Crippen LogP contribution in [0.25, 0.3) is 0 Å². The summed E-state index contributed by atoms with van der Waals surface area (Å²) < 4.78 is 0. The molecule has 4 nitrogen and oxygen atoms in total. The van der Waals surface area contributed by atoms with Gasteiger partial charge in [-0.3, -0.25) is 10.3 Å². The predicted octanol–water partition coefficient (Wildman–Crippen LogP) is 2.23. The molecule has 1 heterocycles. The van der Waals surface area contributed by atoms with Gasteiger partial charge in [-0.15, -0.1) is 12.6 Å². The SMILES string of the molecule is N#CNC(S)=NCCCN1CCC(c2ccccc2)CC1.[Na]. The van der Waals surface area contributed by atoms with Crippen LogP contribution in [0.3, 0.4) is 0 Å². The topological polar surface area (TPSA) is 51.4 Å². The van der Waals surface area contributed by atoms with E-state index in [0.717, 1.165) is 26.1 Å². The summed E-state index contributed by atoms with van der Waals surface area (Å²) in [5.74, 6) is 0.712. The summed E-state index contributed by atoms with van der Waals surface area (Å²) in [6.45, 7) is 4.10. The average molecular weight is 325 g/mol. The van der Waals surface area contributed by atoms with Crippen LogP contribution in [-0.4, -0.2) is 65.8 Å². The third-order valence-electron chi connectivity index (χ3n) is 3.92. The molecule has 0 atom stereocenters. The Morgan fingerprint density at radius 3 is 2.64 bits per heavy atom. The van der Waals surface area contributed by atoms with Gasteiger partial charge in [-0.25, -0.2) is 0 Å². The number of nitriles is 1. The summed E-state index contributed by atoms with van der Waals surface area (Å²) in [6, 6.07) is 10.8. The van der Waals surface area contributed by atoms with Crippen LogP contribution in [0.1, 0.15) is 30.7 Å². The molecule has 0 unspecified atom stereocenters. The molecule has 1 saturated heterocycles. The number of thiol groups is 1. The molecule has 1 aromatic rings. The first-order valence-corrected chi connectivity index (χ1v) is 7.90. The minimum absolute atomic E-state index is 0. The van der Waals surface area contributed by atoms with Crippen molar-refractivity contribution in [1.82, 2.24) is 10.2 Å². The average Bonchev–Trinajstić information content (AvgIpc) is 2.53. The van der Waals surface area contributed by atoms with Crippen LogP contribution >= 0.6 is 12.6 Å². The number of amidine groups is 1. The van der Waals surface area contributed by atoms with Crippen LogP contribution in [0, 0.1) is 11.5 Å². The van der Waals surface area contributed by atoms with Gasteiger partial charge in [0.05, 0.1) is 0 Å². The molecular formula is C16H22N4NaS. The number of benzene rings is 1. The summed E-state index contributed by atoms with van der Waals surface area (Å²) in [6.07, 6.45) is 5.29. The van der Waals surface area contributed by atoms with Gasteiger partial charge in [0.15, 0.2) is 11.4 Å². The number of aliphatic imine (C=N–C) groups is 1. The Kier molecular flexibility index (Phi) is 9.85. The fourth-order valence-corrected chi connectivity index (χ4v) is 2.93. The summed E-state index contributed by atoms with van der Waals surface area (Å²) in [5, 5.41) is 11.2. The molecule has 1 N–H and O–H groups in total. The van der Waals surface area contributed by atoms with E-state index in [1.165, 1.54) is 18.4 Å². The second-order valence-electron chi connectivity index (χ2n) is 5.32. The van der Waals surface area contributed by atoms with Gasteiger partial charge in [-0.2, -0.15) is 5.26 Å². The van der Waals surface area contributed by atoms with E-state index in [1.807, 2.05) is 6.19 Å². The molecule has 1 aliphatic rings. The Labute approximate surface area is 160 Å². The summed E-state index contributed by atoms with van der Waals surface area (Å²) in [4.78, 5) is 6.69. The number of hydrogen-bond donors (Lipinski definition) is 2. The van der Waals surface area contributed by atoms with Gasteiger partial charge < -0.3 is 4.90 Å². The third-order valence-corrected chi connectivity index (χ3v) is 4.17. The normalized spacial score (nSPS) is 16.6. The zero-order chi connectivity index (χ0) is 14.9. The van der Waals surface area contributed by atoms with Crippen molar-refractivity contribution < 1.29 is 0 Å². The molecule has 0 aliphatic carbocycles. The molecule has 1 aliphatic heterocycles. The zero-order valence-corrected chi connectivity index (χ0v) is 16.1. The fraction of sp³-hybridized carbons (Fsp3) is 0.500. The van der Waals surface area contributed by atoms with Gasteiger partial charge in [0.1, 0.15) is 0 Å². The fourth-order valence-electron chi connectivity index (χ4n) is 2.78. The first-order valence-electron chi connectivity index (χ1n) is 7.45. The predicted molar refractivity (Wildman–Crippen MR) is 95.3 cm³/mol. The van der Waals surface area contributed by atoms with Gasteiger partial charge in [0.2, 0.25) is 0 Å². The number of piperidine rings is 1. The van der Waals surface area contributed by atoms with Crippen molar-refractivity contribution in [2.75, 3.05) is 26.2 Å². The summed E-state index contributed by atoms with van der Waals surface area (Å²) in [7, 11) is 0.